The van der Waals surface area contributed by atoms with Gasteiger partial charge in [-0.2, -0.15) is 13.2 Å². The van der Waals surface area contributed by atoms with E-state index in [2.05, 4.69) is 5.32 Å². The Morgan fingerprint density at radius 1 is 1.16 bits per heavy atom. The summed E-state index contributed by atoms with van der Waals surface area (Å²) in [6, 6.07) is 10.8. The fraction of sp³-hybridized carbons (Fsp3) is 0.423. The van der Waals surface area contributed by atoms with Crippen molar-refractivity contribution in [1.82, 2.24) is 9.80 Å². The number of carbonyl (C=O) groups is 3. The van der Waals surface area contributed by atoms with Crippen LogP contribution in [0.5, 0.6) is 0 Å². The average Bonchev–Trinajstić information content (AvgIpc) is 2.87. The number of nitrogens with one attached hydrogen (secondary N) is 1. The predicted molar refractivity (Wildman–Crippen MR) is 131 cm³/mol. The molecule has 0 saturated carbocycles. The first-order chi connectivity index (χ1) is 17.6. The number of piperidine rings is 1. The highest BCUT2D eigenvalue weighted by Gasteiger charge is 2.35. The lowest BCUT2D eigenvalue weighted by molar-refractivity contribution is -0.149. The van der Waals surface area contributed by atoms with Crippen LogP contribution in [0.1, 0.15) is 36.0 Å². The summed E-state index contributed by atoms with van der Waals surface area (Å²) >= 11 is 5.69. The van der Waals surface area contributed by atoms with Gasteiger partial charge in [0, 0.05) is 37.8 Å². The lowest BCUT2D eigenvalue weighted by atomic mass is 9.93. The van der Waals surface area contributed by atoms with Crippen molar-refractivity contribution in [3.8, 4) is 0 Å². The third-order valence-corrected chi connectivity index (χ3v) is 7.22. The van der Waals surface area contributed by atoms with Gasteiger partial charge in [-0.15, -0.1) is 0 Å². The molecule has 7 nitrogen and oxygen atoms in total. The molecule has 11 heteroatoms. The van der Waals surface area contributed by atoms with Gasteiger partial charge in [0.05, 0.1) is 23.6 Å². The topological polar surface area (TPSA) is 79.0 Å². The second kappa shape index (κ2) is 11.0. The molecule has 2 aromatic carbocycles. The number of para-hydroxylation sites is 1. The molecule has 1 unspecified atom stereocenters. The summed E-state index contributed by atoms with van der Waals surface area (Å²) < 4.78 is 44.5. The van der Waals surface area contributed by atoms with Crippen molar-refractivity contribution in [2.24, 2.45) is 5.92 Å². The molecule has 0 bridgehead atoms. The van der Waals surface area contributed by atoms with E-state index in [-0.39, 0.29) is 36.4 Å². The lowest BCUT2D eigenvalue weighted by Gasteiger charge is -2.40. The molecule has 1 atom stereocenters. The van der Waals surface area contributed by atoms with E-state index in [0.717, 1.165) is 23.4 Å². The minimum atomic E-state index is -4.64. The van der Waals surface area contributed by atoms with E-state index in [1.54, 1.807) is 9.80 Å². The molecule has 2 heterocycles. The second-order valence-corrected chi connectivity index (χ2v) is 9.67. The Bertz CT molecular complexity index is 1180. The molecule has 0 radical (unpaired) electrons. The number of hydrogen-bond donors (Lipinski definition) is 1. The summed E-state index contributed by atoms with van der Waals surface area (Å²) in [6.45, 7) is 1.30. The molecule has 0 spiro atoms. The third kappa shape index (κ3) is 6.18. The van der Waals surface area contributed by atoms with Gasteiger partial charge < -0.3 is 19.9 Å². The minimum Gasteiger partial charge on any atom is -0.469 e. The molecular formula is C26H27ClF3N3O4. The monoisotopic (exact) mass is 537 g/mol. The van der Waals surface area contributed by atoms with Crippen molar-refractivity contribution in [3.05, 3.63) is 64.2 Å². The van der Waals surface area contributed by atoms with Crippen molar-refractivity contribution < 1.29 is 32.3 Å². The Kier molecular flexibility index (Phi) is 7.96. The Morgan fingerprint density at radius 2 is 1.86 bits per heavy atom. The molecule has 2 aliphatic heterocycles. The Hall–Kier alpha value is -3.27. The van der Waals surface area contributed by atoms with Crippen LogP contribution in [0.4, 0.5) is 23.7 Å². The van der Waals surface area contributed by atoms with Crippen LogP contribution in [0.2, 0.25) is 5.02 Å². The van der Waals surface area contributed by atoms with Gasteiger partial charge in [-0.05, 0) is 48.6 Å². The maximum Gasteiger partial charge on any atom is 0.417 e. The molecule has 4 rings (SSSR count). The lowest BCUT2D eigenvalue weighted by Crippen LogP contribution is -2.51. The number of likely N-dealkylation sites (tertiary alicyclic amines) is 1. The number of anilines is 1. The molecule has 1 saturated heterocycles. The molecule has 198 valence electrons. The fourth-order valence-corrected chi connectivity index (χ4v) is 5.12. The number of rotatable bonds is 6. The largest absolute Gasteiger partial charge is 0.469 e. The summed E-state index contributed by atoms with van der Waals surface area (Å²) in [5.74, 6) is -1.90. The number of esters is 1. The second-order valence-electron chi connectivity index (χ2n) is 9.27. The quantitative estimate of drug-likeness (QED) is 0.519. The summed E-state index contributed by atoms with van der Waals surface area (Å²) in [5, 5.41) is 2.47. The van der Waals surface area contributed by atoms with Crippen LogP contribution in [-0.4, -0.2) is 53.9 Å². The zero-order valence-corrected chi connectivity index (χ0v) is 20.9. The Balaban J connectivity index is 1.37. The van der Waals surface area contributed by atoms with E-state index < -0.39 is 28.6 Å². The number of halogens is 4. The van der Waals surface area contributed by atoms with Gasteiger partial charge in [-0.25, -0.2) is 4.79 Å². The number of methoxy groups -OCH3 is 1. The van der Waals surface area contributed by atoms with E-state index in [0.29, 0.717) is 32.5 Å². The minimum absolute atomic E-state index is 0.0383. The van der Waals surface area contributed by atoms with Gasteiger partial charge in [0.15, 0.2) is 0 Å². The summed E-state index contributed by atoms with van der Waals surface area (Å²) in [4.78, 5) is 41.4. The smallest absolute Gasteiger partial charge is 0.417 e. The summed E-state index contributed by atoms with van der Waals surface area (Å²) in [6.07, 6.45) is -3.77. The number of urea groups is 1. The van der Waals surface area contributed by atoms with Gasteiger partial charge in [0.1, 0.15) is 0 Å². The maximum absolute atomic E-state index is 13.2. The molecule has 37 heavy (non-hydrogen) atoms. The summed E-state index contributed by atoms with van der Waals surface area (Å²) in [5.41, 5.74) is 1.06. The van der Waals surface area contributed by atoms with Gasteiger partial charge in [-0.1, -0.05) is 35.9 Å². The third-order valence-electron chi connectivity index (χ3n) is 6.89. The van der Waals surface area contributed by atoms with Crippen LogP contribution in [0.3, 0.4) is 0 Å². The molecule has 3 amide bonds. The predicted octanol–water partition coefficient (Wildman–Crippen LogP) is 5.12. The molecule has 1 N–H and O–H groups in total. The van der Waals surface area contributed by atoms with E-state index in [9.17, 15) is 27.6 Å². The zero-order chi connectivity index (χ0) is 26.7. The average molecular weight is 538 g/mol. The molecule has 1 fully saturated rings. The van der Waals surface area contributed by atoms with Crippen LogP contribution >= 0.6 is 11.6 Å². The first-order valence-electron chi connectivity index (χ1n) is 11.9. The number of ether oxygens (including phenoxy) is 1. The van der Waals surface area contributed by atoms with Crippen LogP contribution in [0.25, 0.3) is 0 Å². The van der Waals surface area contributed by atoms with Gasteiger partial charge >= 0.3 is 18.2 Å². The molecule has 0 aliphatic carbocycles. The van der Waals surface area contributed by atoms with E-state index in [1.165, 1.54) is 13.2 Å². The number of alkyl halides is 3. The number of amides is 3. The highest BCUT2D eigenvalue weighted by atomic mass is 35.5. The summed E-state index contributed by atoms with van der Waals surface area (Å²) in [7, 11) is 1.18. The highest BCUT2D eigenvalue weighted by Crippen LogP contribution is 2.36. The molecule has 2 aromatic rings. The van der Waals surface area contributed by atoms with E-state index in [1.807, 2.05) is 24.3 Å². The molecular weight excluding hydrogens is 511 g/mol. The first-order valence-corrected chi connectivity index (χ1v) is 12.3. The SMILES string of the molecule is COC(=O)C(CC(=O)N1CCC(N2Cc3ccccc3NC2=O)CC1)Cc1ccc(Cl)c(C(F)(F)F)c1. The van der Waals surface area contributed by atoms with Crippen LogP contribution in [-0.2, 0) is 33.5 Å². The zero-order valence-electron chi connectivity index (χ0n) is 20.2. The van der Waals surface area contributed by atoms with Crippen LogP contribution < -0.4 is 5.32 Å². The number of hydrogen-bond acceptors (Lipinski definition) is 4. The van der Waals surface area contributed by atoms with Crippen LogP contribution in [0, 0.1) is 5.92 Å². The Morgan fingerprint density at radius 3 is 2.54 bits per heavy atom. The van der Waals surface area contributed by atoms with Crippen LogP contribution in [0.15, 0.2) is 42.5 Å². The van der Waals surface area contributed by atoms with Gasteiger partial charge in [0.2, 0.25) is 5.91 Å². The number of fused-ring (bicyclic) bond motifs is 1. The molecule has 2 aliphatic rings. The van der Waals surface area contributed by atoms with Crippen molar-refractivity contribution >= 4 is 35.2 Å². The van der Waals surface area contributed by atoms with Gasteiger partial charge in [0.25, 0.3) is 0 Å². The van der Waals surface area contributed by atoms with E-state index in [4.69, 9.17) is 16.3 Å². The number of nitrogens with zero attached hydrogens (tertiary/aromatic N) is 2. The van der Waals surface area contributed by atoms with E-state index >= 15 is 0 Å². The fourth-order valence-electron chi connectivity index (χ4n) is 4.89. The first kappa shape index (κ1) is 26.8. The highest BCUT2D eigenvalue weighted by molar-refractivity contribution is 6.31. The Labute approximate surface area is 217 Å². The molecule has 0 aromatic heterocycles. The number of benzene rings is 2. The van der Waals surface area contributed by atoms with Crippen molar-refractivity contribution in [2.45, 2.75) is 44.4 Å². The van der Waals surface area contributed by atoms with Crippen molar-refractivity contribution in [1.29, 1.82) is 0 Å². The standard InChI is InChI=1S/C26H27ClF3N3O4/c1-37-24(35)18(12-16-6-7-21(27)20(13-16)26(28,29)30)14-23(34)32-10-8-19(9-11-32)33-15-17-4-2-3-5-22(17)31-25(33)36/h2-7,13,18-19H,8-12,14-15H2,1H3,(H,31,36). The van der Waals surface area contributed by atoms with Crippen molar-refractivity contribution in [2.75, 3.05) is 25.5 Å². The number of carbonyl (C=O) groups excluding carboxylic acids is 3. The van der Waals surface area contributed by atoms with Crippen molar-refractivity contribution in [3.63, 3.8) is 0 Å². The normalized spacial score (nSPS) is 17.2. The maximum atomic E-state index is 13.2. The van der Waals surface area contributed by atoms with Gasteiger partial charge in [-0.3, -0.25) is 9.59 Å².